The Bertz CT molecular complexity index is 561. The molecule has 0 heterocycles. The Balaban J connectivity index is 2.53. The molecular formula is C18H20NO2+. The van der Waals surface area contributed by atoms with Crippen LogP contribution in [0.25, 0.3) is 0 Å². The van der Waals surface area contributed by atoms with Crippen LogP contribution in [-0.4, -0.2) is 25.0 Å². The van der Waals surface area contributed by atoms with E-state index >= 15 is 0 Å². The maximum atomic E-state index is 5.68. The van der Waals surface area contributed by atoms with Crippen molar-refractivity contribution < 1.29 is 9.47 Å². The van der Waals surface area contributed by atoms with Gasteiger partial charge in [-0.25, -0.2) is 0 Å². The van der Waals surface area contributed by atoms with Crippen LogP contribution in [0.1, 0.15) is 25.0 Å². The predicted molar refractivity (Wildman–Crippen MR) is 86.5 cm³/mol. The summed E-state index contributed by atoms with van der Waals surface area (Å²) in [6.45, 7) is 5.01. The van der Waals surface area contributed by atoms with Gasteiger partial charge in [-0.1, -0.05) is 36.4 Å². The summed E-state index contributed by atoms with van der Waals surface area (Å²) < 4.78 is 15.9. The lowest BCUT2D eigenvalue weighted by Crippen LogP contribution is -2.17. The molecule has 3 heteroatoms. The minimum atomic E-state index is 0.557. The summed E-state index contributed by atoms with van der Waals surface area (Å²) in [4.78, 5) is 0. The average Bonchev–Trinajstić information content (AvgIpc) is 2.55. The van der Waals surface area contributed by atoms with Crippen LogP contribution in [0.5, 0.6) is 0 Å². The van der Waals surface area contributed by atoms with E-state index in [1.807, 2.05) is 74.5 Å². The van der Waals surface area contributed by atoms with Gasteiger partial charge in [0.25, 0.3) is 0 Å². The third-order valence-electron chi connectivity index (χ3n) is 2.81. The van der Waals surface area contributed by atoms with Crippen molar-refractivity contribution in [2.75, 3.05) is 13.2 Å². The Morgan fingerprint density at radius 2 is 1.10 bits per heavy atom. The van der Waals surface area contributed by atoms with Crippen molar-refractivity contribution in [3.8, 4) is 0 Å². The molecule has 0 N–H and O–H groups in total. The molecule has 0 unspecified atom stereocenters. The van der Waals surface area contributed by atoms with Crippen LogP contribution >= 0.6 is 0 Å². The predicted octanol–water partition coefficient (Wildman–Crippen LogP) is 3.02. The molecule has 2 aromatic carbocycles. The molecule has 0 aliphatic heterocycles. The minimum absolute atomic E-state index is 0.557. The lowest BCUT2D eigenvalue weighted by molar-refractivity contribution is 0.316. The van der Waals surface area contributed by atoms with Gasteiger partial charge in [-0.3, -0.25) is 0 Å². The maximum Gasteiger partial charge on any atom is 0.499 e. The topological polar surface area (TPSA) is 32.6 Å². The van der Waals surface area contributed by atoms with Crippen LogP contribution in [0.4, 0.5) is 0 Å². The highest BCUT2D eigenvalue weighted by Crippen LogP contribution is 2.03. The van der Waals surface area contributed by atoms with Crippen molar-refractivity contribution in [1.82, 2.24) is 4.67 Å². The van der Waals surface area contributed by atoms with Crippen molar-refractivity contribution in [2.24, 2.45) is 0 Å². The number of rotatable bonds is 4. The number of benzene rings is 2. The lowest BCUT2D eigenvalue weighted by Gasteiger charge is -1.98. The zero-order valence-electron chi connectivity index (χ0n) is 12.5. The molecule has 0 bridgehead atoms. The first kappa shape index (κ1) is 14.9. The van der Waals surface area contributed by atoms with Crippen molar-refractivity contribution >= 4 is 11.8 Å². The molecule has 2 rings (SSSR count). The van der Waals surface area contributed by atoms with Crippen LogP contribution < -0.4 is 4.67 Å². The van der Waals surface area contributed by atoms with Crippen molar-refractivity contribution in [1.29, 1.82) is 0 Å². The molecule has 0 fully saturated rings. The summed E-state index contributed by atoms with van der Waals surface area (Å²) in [5, 5.41) is 0. The number of ether oxygens (including phenoxy) is 2. The molecule has 0 spiro atoms. The van der Waals surface area contributed by atoms with Gasteiger partial charge in [0, 0.05) is 4.67 Å². The number of nitrogens with zero attached hydrogens (tertiary/aromatic N) is 1. The monoisotopic (exact) mass is 282 g/mol. The van der Waals surface area contributed by atoms with Gasteiger partial charge in [0.2, 0.25) is 0 Å². The van der Waals surface area contributed by atoms with Crippen molar-refractivity contribution in [3.63, 3.8) is 0 Å². The average molecular weight is 282 g/mol. The van der Waals surface area contributed by atoms with Crippen LogP contribution in [0.3, 0.4) is 0 Å². The quantitative estimate of drug-likeness (QED) is 0.490. The highest BCUT2D eigenvalue weighted by atomic mass is 16.5. The van der Waals surface area contributed by atoms with E-state index in [-0.39, 0.29) is 0 Å². The third kappa shape index (κ3) is 4.23. The molecule has 2 aromatic rings. The first-order valence-corrected chi connectivity index (χ1v) is 7.17. The standard InChI is InChI=1S/C18H20NO2/c1-3-20-17(15-11-7-5-8-12-15)19-18(21-4-2)16-13-9-6-10-14-16/h5-14H,3-4H2,1-2H3/q+1. The molecule has 0 aliphatic carbocycles. The smallest absolute Gasteiger partial charge is 0.432 e. The van der Waals surface area contributed by atoms with Gasteiger partial charge in [0.05, 0.1) is 13.2 Å². The SMILES string of the molecule is CCOC(=[N+]=C(OCC)c1ccccc1)c1ccccc1. The zero-order chi connectivity index (χ0) is 14.9. The van der Waals surface area contributed by atoms with Gasteiger partial charge in [0.1, 0.15) is 11.1 Å². The Morgan fingerprint density at radius 3 is 1.43 bits per heavy atom. The van der Waals surface area contributed by atoms with Gasteiger partial charge >= 0.3 is 11.8 Å². The van der Waals surface area contributed by atoms with E-state index in [0.29, 0.717) is 25.0 Å². The number of hydrogen-bond acceptors (Lipinski definition) is 2. The largest absolute Gasteiger partial charge is 0.499 e. The first-order chi connectivity index (χ1) is 10.3. The normalized spacial score (nSPS) is 9.62. The van der Waals surface area contributed by atoms with Gasteiger partial charge in [-0.05, 0) is 38.1 Å². The van der Waals surface area contributed by atoms with Crippen LogP contribution in [0, 0.1) is 0 Å². The van der Waals surface area contributed by atoms with Crippen LogP contribution in [0.15, 0.2) is 60.7 Å². The summed E-state index contributed by atoms with van der Waals surface area (Å²) in [6.07, 6.45) is 0. The first-order valence-electron chi connectivity index (χ1n) is 7.17. The van der Waals surface area contributed by atoms with E-state index in [1.54, 1.807) is 0 Å². The summed E-state index contributed by atoms with van der Waals surface area (Å²) >= 11 is 0. The molecule has 0 radical (unpaired) electrons. The van der Waals surface area contributed by atoms with Crippen LogP contribution in [0.2, 0.25) is 0 Å². The minimum Gasteiger partial charge on any atom is -0.432 e. The second kappa shape index (κ2) is 7.93. The highest BCUT2D eigenvalue weighted by molar-refractivity contribution is 6.01. The summed E-state index contributed by atoms with van der Waals surface area (Å²) in [6, 6.07) is 19.7. The van der Waals surface area contributed by atoms with E-state index in [2.05, 4.69) is 4.67 Å². The molecule has 21 heavy (non-hydrogen) atoms. The van der Waals surface area contributed by atoms with Gasteiger partial charge in [-0.15, -0.1) is 0 Å². The van der Waals surface area contributed by atoms with Crippen molar-refractivity contribution in [2.45, 2.75) is 13.8 Å². The summed E-state index contributed by atoms with van der Waals surface area (Å²) in [7, 11) is 0. The third-order valence-corrected chi connectivity index (χ3v) is 2.81. The Kier molecular flexibility index (Phi) is 5.62. The molecule has 0 saturated carbocycles. The summed E-state index contributed by atoms with van der Waals surface area (Å²) in [5.41, 5.74) is 1.87. The number of hydrogen-bond donors (Lipinski definition) is 0. The molecule has 108 valence electrons. The van der Waals surface area contributed by atoms with Gasteiger partial charge in [0.15, 0.2) is 0 Å². The molecule has 0 amide bonds. The van der Waals surface area contributed by atoms with Gasteiger partial charge in [-0.2, -0.15) is 0 Å². The van der Waals surface area contributed by atoms with E-state index in [0.717, 1.165) is 11.1 Å². The Labute approximate surface area is 125 Å². The second-order valence-corrected chi connectivity index (χ2v) is 4.32. The van der Waals surface area contributed by atoms with E-state index in [4.69, 9.17) is 9.47 Å². The van der Waals surface area contributed by atoms with E-state index < -0.39 is 0 Å². The second-order valence-electron chi connectivity index (χ2n) is 4.32. The molecule has 0 atom stereocenters. The molecule has 3 nitrogen and oxygen atoms in total. The fourth-order valence-corrected chi connectivity index (χ4v) is 1.89. The molecular weight excluding hydrogens is 262 g/mol. The fraction of sp³-hybridized carbons (Fsp3) is 0.222. The van der Waals surface area contributed by atoms with Gasteiger partial charge < -0.3 is 9.47 Å². The molecule has 0 aliphatic rings. The lowest BCUT2D eigenvalue weighted by atomic mass is 10.2. The highest BCUT2D eigenvalue weighted by Gasteiger charge is 2.20. The van der Waals surface area contributed by atoms with Crippen LogP contribution in [-0.2, 0) is 9.47 Å². The fourth-order valence-electron chi connectivity index (χ4n) is 1.89. The van der Waals surface area contributed by atoms with Crippen molar-refractivity contribution in [3.05, 3.63) is 71.8 Å². The van der Waals surface area contributed by atoms with E-state index in [9.17, 15) is 0 Å². The molecule has 0 saturated heterocycles. The van der Waals surface area contributed by atoms with E-state index in [1.165, 1.54) is 0 Å². The maximum absolute atomic E-state index is 5.68. The summed E-state index contributed by atoms with van der Waals surface area (Å²) in [5.74, 6) is 1.15. The molecule has 0 aromatic heterocycles. The Hall–Kier alpha value is -2.51. The Morgan fingerprint density at radius 1 is 0.714 bits per heavy atom. The zero-order valence-corrected chi connectivity index (χ0v) is 12.5.